The van der Waals surface area contributed by atoms with E-state index in [4.69, 9.17) is 0 Å². The minimum absolute atomic E-state index is 0.0934. The number of hydrogen-bond donors (Lipinski definition) is 0. The number of ketones is 1. The van der Waals surface area contributed by atoms with Gasteiger partial charge in [-0.2, -0.15) is 0 Å². The standard InChI is InChI=1S/C28H26FNO/c1-21(31)11-15-24(16-12-22-13-17-25(29)18-14-22)27-20-30(19-23-7-3-2-4-8-23)28-10-6-5-9-26(27)28/h2-10,12-14,16-18,20,24H,11,15,19H2,1H3/b16-12+. The van der Waals surface area contributed by atoms with E-state index in [1.807, 2.05) is 12.1 Å². The summed E-state index contributed by atoms with van der Waals surface area (Å²) in [5.74, 6) is 0.0401. The third-order valence-corrected chi connectivity index (χ3v) is 5.61. The van der Waals surface area contributed by atoms with Gasteiger partial charge in [0.1, 0.15) is 11.6 Å². The van der Waals surface area contributed by atoms with Gasteiger partial charge >= 0.3 is 0 Å². The lowest BCUT2D eigenvalue weighted by atomic mass is 9.92. The molecule has 0 fully saturated rings. The van der Waals surface area contributed by atoms with E-state index in [0.717, 1.165) is 18.5 Å². The van der Waals surface area contributed by atoms with Crippen LogP contribution in [0.2, 0.25) is 0 Å². The average Bonchev–Trinajstić information content (AvgIpc) is 3.14. The Morgan fingerprint density at radius 2 is 1.68 bits per heavy atom. The van der Waals surface area contributed by atoms with E-state index in [1.54, 1.807) is 19.1 Å². The fourth-order valence-corrected chi connectivity index (χ4v) is 4.00. The van der Waals surface area contributed by atoms with Crippen LogP contribution in [0.1, 0.15) is 42.4 Å². The molecule has 3 aromatic carbocycles. The smallest absolute Gasteiger partial charge is 0.129 e. The molecular formula is C28H26FNO. The van der Waals surface area contributed by atoms with E-state index in [0.29, 0.717) is 6.42 Å². The Bertz CT molecular complexity index is 1190. The lowest BCUT2D eigenvalue weighted by molar-refractivity contribution is -0.117. The second-order valence-corrected chi connectivity index (χ2v) is 7.97. The molecule has 0 amide bonds. The molecule has 1 heterocycles. The van der Waals surface area contributed by atoms with Crippen molar-refractivity contribution < 1.29 is 9.18 Å². The summed E-state index contributed by atoms with van der Waals surface area (Å²) in [6.45, 7) is 2.43. The quantitative estimate of drug-likeness (QED) is 0.306. The Hall–Kier alpha value is -3.46. The monoisotopic (exact) mass is 411 g/mol. The molecule has 1 aromatic heterocycles. The largest absolute Gasteiger partial charge is 0.343 e. The summed E-state index contributed by atoms with van der Waals surface area (Å²) in [7, 11) is 0. The number of nitrogens with zero attached hydrogens (tertiary/aromatic N) is 1. The van der Waals surface area contributed by atoms with E-state index >= 15 is 0 Å². The normalized spacial score (nSPS) is 12.5. The molecule has 0 saturated carbocycles. The molecule has 2 nitrogen and oxygen atoms in total. The fraction of sp³-hybridized carbons (Fsp3) is 0.179. The summed E-state index contributed by atoms with van der Waals surface area (Å²) in [4.78, 5) is 11.7. The third-order valence-electron chi connectivity index (χ3n) is 5.61. The van der Waals surface area contributed by atoms with Gasteiger partial charge in [-0.15, -0.1) is 0 Å². The van der Waals surface area contributed by atoms with Crippen LogP contribution in [0.5, 0.6) is 0 Å². The number of benzene rings is 3. The van der Waals surface area contributed by atoms with Crippen LogP contribution in [0.3, 0.4) is 0 Å². The Morgan fingerprint density at radius 1 is 0.968 bits per heavy atom. The van der Waals surface area contributed by atoms with Gasteiger partial charge < -0.3 is 9.36 Å². The first-order chi connectivity index (χ1) is 15.1. The molecule has 0 bridgehead atoms. The fourth-order valence-electron chi connectivity index (χ4n) is 4.00. The molecule has 1 atom stereocenters. The van der Waals surface area contributed by atoms with Gasteiger partial charge in [0.05, 0.1) is 0 Å². The van der Waals surface area contributed by atoms with Gasteiger partial charge in [0.15, 0.2) is 0 Å². The van der Waals surface area contributed by atoms with Gasteiger partial charge in [-0.25, -0.2) is 4.39 Å². The van der Waals surface area contributed by atoms with Crippen LogP contribution >= 0.6 is 0 Å². The van der Waals surface area contributed by atoms with Crippen molar-refractivity contribution in [1.82, 2.24) is 4.57 Å². The zero-order valence-corrected chi connectivity index (χ0v) is 17.7. The summed E-state index contributed by atoms with van der Waals surface area (Å²) in [6, 6.07) is 25.3. The lowest BCUT2D eigenvalue weighted by Gasteiger charge is -2.12. The first-order valence-corrected chi connectivity index (χ1v) is 10.6. The molecular weight excluding hydrogens is 385 g/mol. The highest BCUT2D eigenvalue weighted by atomic mass is 19.1. The summed E-state index contributed by atoms with van der Waals surface area (Å²) < 4.78 is 15.5. The minimum Gasteiger partial charge on any atom is -0.343 e. The number of rotatable bonds is 8. The van der Waals surface area contributed by atoms with Crippen molar-refractivity contribution in [2.45, 2.75) is 32.2 Å². The maximum Gasteiger partial charge on any atom is 0.129 e. The number of para-hydroxylation sites is 1. The molecule has 31 heavy (non-hydrogen) atoms. The molecule has 0 radical (unpaired) electrons. The lowest BCUT2D eigenvalue weighted by Crippen LogP contribution is -2.00. The summed E-state index contributed by atoms with van der Waals surface area (Å²) in [6.07, 6.45) is 7.65. The number of hydrogen-bond acceptors (Lipinski definition) is 1. The number of aromatic nitrogens is 1. The first-order valence-electron chi connectivity index (χ1n) is 10.6. The van der Waals surface area contributed by atoms with Gasteiger partial charge in [-0.1, -0.05) is 72.8 Å². The molecule has 0 spiro atoms. The van der Waals surface area contributed by atoms with Crippen molar-refractivity contribution in [2.24, 2.45) is 0 Å². The zero-order valence-electron chi connectivity index (χ0n) is 17.7. The summed E-state index contributed by atoms with van der Waals surface area (Å²) in [5, 5.41) is 1.20. The Kier molecular flexibility index (Phi) is 6.42. The van der Waals surface area contributed by atoms with E-state index in [1.165, 1.54) is 34.2 Å². The average molecular weight is 412 g/mol. The summed E-state index contributed by atoms with van der Waals surface area (Å²) >= 11 is 0. The van der Waals surface area contributed by atoms with Gasteiger partial charge in [-0.3, -0.25) is 0 Å². The molecule has 0 aliphatic carbocycles. The second-order valence-electron chi connectivity index (χ2n) is 7.97. The maximum atomic E-state index is 13.3. The van der Waals surface area contributed by atoms with Crippen molar-refractivity contribution in [3.63, 3.8) is 0 Å². The Labute approximate surface area is 182 Å². The molecule has 156 valence electrons. The molecule has 0 saturated heterocycles. The van der Waals surface area contributed by atoms with Crippen LogP contribution in [0.25, 0.3) is 17.0 Å². The van der Waals surface area contributed by atoms with Crippen molar-refractivity contribution in [1.29, 1.82) is 0 Å². The van der Waals surface area contributed by atoms with E-state index in [2.05, 4.69) is 65.4 Å². The highest BCUT2D eigenvalue weighted by Gasteiger charge is 2.17. The van der Waals surface area contributed by atoms with Crippen LogP contribution in [0, 0.1) is 5.82 Å². The number of carbonyl (C=O) groups is 1. The predicted octanol–water partition coefficient (Wildman–Crippen LogP) is 6.99. The van der Waals surface area contributed by atoms with Crippen LogP contribution in [-0.4, -0.2) is 10.4 Å². The first kappa shape index (κ1) is 20.8. The van der Waals surface area contributed by atoms with Crippen LogP contribution < -0.4 is 0 Å². The van der Waals surface area contributed by atoms with E-state index in [9.17, 15) is 9.18 Å². The van der Waals surface area contributed by atoms with Gasteiger partial charge in [-0.05, 0) is 48.2 Å². The number of carbonyl (C=O) groups excluding carboxylic acids is 1. The van der Waals surface area contributed by atoms with Crippen molar-refractivity contribution >= 4 is 22.8 Å². The minimum atomic E-state index is -0.241. The highest BCUT2D eigenvalue weighted by Crippen LogP contribution is 2.33. The van der Waals surface area contributed by atoms with Crippen LogP contribution in [-0.2, 0) is 11.3 Å². The zero-order chi connectivity index (χ0) is 21.6. The van der Waals surface area contributed by atoms with Crippen LogP contribution in [0.4, 0.5) is 4.39 Å². The van der Waals surface area contributed by atoms with E-state index in [-0.39, 0.29) is 17.5 Å². The number of fused-ring (bicyclic) bond motifs is 1. The van der Waals surface area contributed by atoms with Gasteiger partial charge in [0, 0.05) is 36.0 Å². The number of Topliss-reactive ketones (excluding diaryl/α,β-unsaturated/α-hetero) is 1. The van der Waals surface area contributed by atoms with E-state index < -0.39 is 0 Å². The van der Waals surface area contributed by atoms with Crippen LogP contribution in [0.15, 0.2) is 91.1 Å². The molecule has 4 rings (SSSR count). The van der Waals surface area contributed by atoms with Gasteiger partial charge in [0.25, 0.3) is 0 Å². The molecule has 1 unspecified atom stereocenters. The Balaban J connectivity index is 1.72. The summed E-state index contributed by atoms with van der Waals surface area (Å²) in [5.41, 5.74) is 4.59. The molecule has 0 N–H and O–H groups in total. The maximum absolute atomic E-state index is 13.3. The third kappa shape index (κ3) is 5.18. The number of allylic oxidation sites excluding steroid dienone is 1. The SMILES string of the molecule is CC(=O)CCC(/C=C/c1ccc(F)cc1)c1cn(Cc2ccccc2)c2ccccc12. The topological polar surface area (TPSA) is 22.0 Å². The highest BCUT2D eigenvalue weighted by molar-refractivity contribution is 5.85. The molecule has 4 aromatic rings. The molecule has 0 aliphatic rings. The number of halogens is 1. The predicted molar refractivity (Wildman–Crippen MR) is 126 cm³/mol. The van der Waals surface area contributed by atoms with Crippen molar-refractivity contribution in [3.05, 3.63) is 114 Å². The second kappa shape index (κ2) is 9.57. The molecule has 3 heteroatoms. The van der Waals surface area contributed by atoms with Crippen molar-refractivity contribution in [2.75, 3.05) is 0 Å². The van der Waals surface area contributed by atoms with Gasteiger partial charge in [0.2, 0.25) is 0 Å². The Morgan fingerprint density at radius 3 is 2.42 bits per heavy atom. The van der Waals surface area contributed by atoms with Crippen molar-refractivity contribution in [3.8, 4) is 0 Å². The molecule has 0 aliphatic heterocycles.